The van der Waals surface area contributed by atoms with Crippen molar-refractivity contribution in [1.29, 1.82) is 0 Å². The molecule has 0 aromatic heterocycles. The smallest absolute Gasteiger partial charge is 0.269 e. The molecule has 0 aliphatic rings. The van der Waals surface area contributed by atoms with E-state index in [0.29, 0.717) is 0 Å². The Morgan fingerprint density at radius 1 is 1.06 bits per heavy atom. The van der Waals surface area contributed by atoms with Gasteiger partial charge in [-0.1, -0.05) is 12.2 Å². The van der Waals surface area contributed by atoms with Gasteiger partial charge >= 0.3 is 0 Å². The Morgan fingerprint density at radius 3 is 1.56 bits per heavy atom. The van der Waals surface area contributed by atoms with E-state index in [1.165, 1.54) is 0 Å². The third-order valence-electron chi connectivity index (χ3n) is 1.40. The Bertz CT molecular complexity index is 286. The second kappa shape index (κ2) is 5.10. The van der Waals surface area contributed by atoms with Crippen LogP contribution >= 0.6 is 19.7 Å². The Hall–Kier alpha value is -0.0000000000000000208. The molecule has 0 radical (unpaired) electrons. The van der Waals surface area contributed by atoms with Crippen molar-refractivity contribution in [2.45, 2.75) is 52.6 Å². The minimum atomic E-state index is -3.06. The van der Waals surface area contributed by atoms with Gasteiger partial charge in [0.2, 0.25) is 0 Å². The van der Waals surface area contributed by atoms with Crippen LogP contribution in [0.5, 0.6) is 0 Å². The molecule has 0 spiro atoms. The molecule has 96 valence electrons. The lowest BCUT2D eigenvalue weighted by atomic mass is 10.1. The predicted molar refractivity (Wildman–Crippen MR) is 73.3 cm³/mol. The van der Waals surface area contributed by atoms with E-state index in [1.807, 2.05) is 41.5 Å². The first-order valence-corrected chi connectivity index (χ1v) is 7.21. The second-order valence-electron chi connectivity index (χ2n) is 5.78. The van der Waals surface area contributed by atoms with Gasteiger partial charge in [0.05, 0.1) is 0 Å². The molecule has 0 fully saturated rings. The van der Waals surface area contributed by atoms with E-state index < -0.39 is 7.44 Å². The van der Waals surface area contributed by atoms with Gasteiger partial charge in [0.1, 0.15) is 0 Å². The summed E-state index contributed by atoms with van der Waals surface area (Å²) in [6.45, 7) is 11.5. The lowest BCUT2D eigenvalue weighted by Crippen LogP contribution is -2.48. The van der Waals surface area contributed by atoms with E-state index in [1.54, 1.807) is 0 Å². The Labute approximate surface area is 103 Å². The highest BCUT2D eigenvalue weighted by atomic mass is 32.1. The maximum atomic E-state index is 12.7. The first-order chi connectivity index (χ1) is 6.90. The van der Waals surface area contributed by atoms with Crippen LogP contribution in [0.4, 0.5) is 0 Å². The number of nitrogens with two attached hydrogens (primary N) is 1. The molecule has 7 heteroatoms. The van der Waals surface area contributed by atoms with Crippen LogP contribution in [0.1, 0.15) is 41.5 Å². The molecule has 5 N–H and O–H groups in total. The van der Waals surface area contributed by atoms with E-state index in [2.05, 4.69) is 15.6 Å². The Balaban J connectivity index is 5.07. The van der Waals surface area contributed by atoms with Crippen molar-refractivity contribution in [2.75, 3.05) is 0 Å². The highest BCUT2D eigenvalue weighted by Crippen LogP contribution is 2.41. The van der Waals surface area contributed by atoms with Crippen LogP contribution < -0.4 is 21.4 Å². The molecular weight excluding hydrogens is 243 g/mol. The number of rotatable bonds is 3. The zero-order valence-corrected chi connectivity index (χ0v) is 12.6. The van der Waals surface area contributed by atoms with Crippen LogP contribution in [0.25, 0.3) is 0 Å². The number of nitrogens with one attached hydrogen (secondary N) is 3. The zero-order chi connectivity index (χ0) is 13.2. The van der Waals surface area contributed by atoms with Crippen LogP contribution in [0.3, 0.4) is 0 Å². The second-order valence-corrected chi connectivity index (χ2v) is 8.61. The van der Waals surface area contributed by atoms with E-state index in [-0.39, 0.29) is 15.8 Å². The average Bonchev–Trinajstić information content (AvgIpc) is 1.95. The van der Waals surface area contributed by atoms with Crippen molar-refractivity contribution in [3.63, 3.8) is 0 Å². The van der Waals surface area contributed by atoms with E-state index in [4.69, 9.17) is 18.1 Å². The summed E-state index contributed by atoms with van der Waals surface area (Å²) in [5.41, 5.74) is 1.64. The molecule has 0 aliphatic carbocycles. The molecule has 0 rings (SSSR count). The summed E-state index contributed by atoms with van der Waals surface area (Å²) < 4.78 is 12.8. The van der Waals surface area contributed by atoms with Crippen molar-refractivity contribution in [1.82, 2.24) is 15.6 Å². The van der Waals surface area contributed by atoms with Gasteiger partial charge in [-0.15, -0.1) is 0 Å². The van der Waals surface area contributed by atoms with Gasteiger partial charge in [0.25, 0.3) is 7.44 Å². The molecule has 0 saturated heterocycles. The summed E-state index contributed by atoms with van der Waals surface area (Å²) in [5, 5.41) is 6.00. The maximum absolute atomic E-state index is 12.7. The minimum absolute atomic E-state index is 0.109. The van der Waals surface area contributed by atoms with Crippen LogP contribution in [-0.4, -0.2) is 15.8 Å². The number of hydrazine groups is 1. The summed E-state index contributed by atoms with van der Waals surface area (Å²) in [7, 11) is -3.06. The molecule has 0 saturated carbocycles. The van der Waals surface area contributed by atoms with Crippen molar-refractivity contribution in [2.24, 2.45) is 5.84 Å². The first-order valence-electron chi connectivity index (χ1n) is 5.10. The van der Waals surface area contributed by atoms with Crippen LogP contribution in [-0.2, 0) is 4.57 Å². The molecule has 0 bridgehead atoms. The van der Waals surface area contributed by atoms with Gasteiger partial charge in [0.15, 0.2) is 4.73 Å². The van der Waals surface area contributed by atoms with E-state index in [9.17, 15) is 4.57 Å². The fourth-order valence-corrected chi connectivity index (χ4v) is 3.77. The Morgan fingerprint density at radius 2 is 1.38 bits per heavy atom. The third-order valence-corrected chi connectivity index (χ3v) is 4.96. The van der Waals surface area contributed by atoms with Crippen LogP contribution in [0, 0.1) is 0 Å². The fourth-order valence-electron chi connectivity index (χ4n) is 1.17. The van der Waals surface area contributed by atoms with Crippen molar-refractivity contribution in [3.8, 4) is 0 Å². The molecule has 0 unspecified atom stereocenters. The third kappa shape index (κ3) is 5.92. The topological polar surface area (TPSA) is 79.2 Å². The molecule has 0 atom stereocenters. The van der Waals surface area contributed by atoms with Gasteiger partial charge in [-0.05, 0) is 41.5 Å². The molecule has 5 nitrogen and oxygen atoms in total. The molecule has 16 heavy (non-hydrogen) atoms. The normalized spacial score (nSPS) is 13.7. The van der Waals surface area contributed by atoms with Crippen molar-refractivity contribution < 1.29 is 4.57 Å². The van der Waals surface area contributed by atoms with Gasteiger partial charge in [-0.2, -0.15) is 0 Å². The quantitative estimate of drug-likeness (QED) is 0.269. The number of hydrogen-bond donors (Lipinski definition) is 4. The molecule has 0 aromatic rings. The highest BCUT2D eigenvalue weighted by Gasteiger charge is 2.35. The lowest BCUT2D eigenvalue weighted by Gasteiger charge is -2.34. The van der Waals surface area contributed by atoms with E-state index in [0.717, 1.165) is 0 Å². The zero-order valence-electron chi connectivity index (χ0n) is 10.8. The van der Waals surface area contributed by atoms with Crippen LogP contribution in [0.2, 0.25) is 0 Å². The predicted octanol–water partition coefficient (Wildman–Crippen LogP) is 1.70. The van der Waals surface area contributed by atoms with Gasteiger partial charge in [-0.3, -0.25) is 4.57 Å². The summed E-state index contributed by atoms with van der Waals surface area (Å²) >= 11 is 5.00. The summed E-state index contributed by atoms with van der Waals surface area (Å²) in [5.74, 6) is 5.25. The Kier molecular flexibility index (Phi) is 5.10. The van der Waals surface area contributed by atoms with Crippen molar-refractivity contribution in [3.05, 3.63) is 0 Å². The molecule has 0 aliphatic heterocycles. The average molecular weight is 266 g/mol. The largest absolute Gasteiger partial charge is 0.310 e. The van der Waals surface area contributed by atoms with Crippen molar-refractivity contribution >= 4 is 24.4 Å². The fraction of sp³-hybridized carbons (Fsp3) is 0.889. The lowest BCUT2D eigenvalue weighted by molar-refractivity contribution is 0.455. The highest BCUT2D eigenvalue weighted by molar-refractivity contribution is 7.99. The number of thiocarbonyl (C=S) groups is 1. The number of hydrogen-bond acceptors (Lipinski definition) is 3. The first kappa shape index (κ1) is 16.0. The molecule has 0 heterocycles. The van der Waals surface area contributed by atoms with E-state index >= 15 is 0 Å². The van der Waals surface area contributed by atoms with Gasteiger partial charge < -0.3 is 5.43 Å². The van der Waals surface area contributed by atoms with Gasteiger partial charge in [-0.25, -0.2) is 16.0 Å². The molecular formula is C9H23N4OPS. The maximum Gasteiger partial charge on any atom is 0.269 e. The van der Waals surface area contributed by atoms with Gasteiger partial charge in [0, 0.05) is 11.1 Å². The standard InChI is InChI=1S/C9H23N4OPS/c1-8(2,3)12-15(14,7(16)11-10)13-9(4,5)6/h10H2,1-6H3,(H,11,16)(H2,12,13,14). The summed E-state index contributed by atoms with van der Waals surface area (Å²) in [4.78, 5) is 0. The summed E-state index contributed by atoms with van der Waals surface area (Å²) in [6.07, 6.45) is 0. The monoisotopic (exact) mass is 266 g/mol. The minimum Gasteiger partial charge on any atom is -0.310 e. The summed E-state index contributed by atoms with van der Waals surface area (Å²) in [6, 6.07) is 0. The molecule has 0 amide bonds. The van der Waals surface area contributed by atoms with Crippen LogP contribution in [0.15, 0.2) is 0 Å². The SMILES string of the molecule is CC(C)(C)NP(=O)(NC(C)(C)C)C(=S)NN. The molecule has 0 aromatic carbocycles.